The van der Waals surface area contributed by atoms with Crippen LogP contribution in [0.25, 0.3) is 0 Å². The third-order valence-electron chi connectivity index (χ3n) is 2.42. The maximum absolute atomic E-state index is 12.9. The smallest absolute Gasteiger partial charge is 0.294 e. The van der Waals surface area contributed by atoms with Gasteiger partial charge in [-0.2, -0.15) is 13.2 Å². The summed E-state index contributed by atoms with van der Waals surface area (Å²) in [6, 6.07) is 3.48. The second-order valence-electron chi connectivity index (χ2n) is 3.79. The SMILES string of the molecule is CC(=Nc1ccc(Cl)cc1C(F)(F)F)n1ccnc1. The average Bonchev–Trinajstić information content (AvgIpc) is 2.83. The molecule has 0 radical (unpaired) electrons. The second-order valence-corrected chi connectivity index (χ2v) is 4.22. The Morgan fingerprint density at radius 2 is 2.11 bits per heavy atom. The van der Waals surface area contributed by atoms with Crippen molar-refractivity contribution in [3.8, 4) is 0 Å². The first kappa shape index (κ1) is 13.6. The van der Waals surface area contributed by atoms with E-state index in [9.17, 15) is 13.2 Å². The predicted octanol–water partition coefficient (Wildman–Crippen LogP) is 4.15. The van der Waals surface area contributed by atoms with Crippen molar-refractivity contribution in [3.63, 3.8) is 0 Å². The minimum Gasteiger partial charge on any atom is -0.294 e. The highest BCUT2D eigenvalue weighted by Crippen LogP contribution is 2.37. The van der Waals surface area contributed by atoms with Crippen molar-refractivity contribution in [2.45, 2.75) is 13.1 Å². The molecule has 0 N–H and O–H groups in total. The fourth-order valence-electron chi connectivity index (χ4n) is 1.52. The van der Waals surface area contributed by atoms with Crippen LogP contribution in [0.3, 0.4) is 0 Å². The summed E-state index contributed by atoms with van der Waals surface area (Å²) in [7, 11) is 0. The Kier molecular flexibility index (Phi) is 3.61. The molecule has 1 aromatic carbocycles. The van der Waals surface area contributed by atoms with E-state index in [-0.39, 0.29) is 10.7 Å². The van der Waals surface area contributed by atoms with Crippen LogP contribution in [0.4, 0.5) is 18.9 Å². The van der Waals surface area contributed by atoms with Gasteiger partial charge in [0.15, 0.2) is 0 Å². The molecule has 100 valence electrons. The van der Waals surface area contributed by atoms with Crippen molar-refractivity contribution >= 4 is 23.1 Å². The van der Waals surface area contributed by atoms with Gasteiger partial charge in [-0.1, -0.05) is 11.6 Å². The molecule has 2 rings (SSSR count). The molecule has 0 saturated carbocycles. The van der Waals surface area contributed by atoms with Crippen molar-refractivity contribution in [1.29, 1.82) is 0 Å². The van der Waals surface area contributed by atoms with Gasteiger partial charge >= 0.3 is 6.18 Å². The summed E-state index contributed by atoms with van der Waals surface area (Å²) < 4.78 is 40.1. The van der Waals surface area contributed by atoms with Gasteiger partial charge < -0.3 is 0 Å². The van der Waals surface area contributed by atoms with Gasteiger partial charge in [0.25, 0.3) is 0 Å². The third-order valence-corrected chi connectivity index (χ3v) is 2.66. The fourth-order valence-corrected chi connectivity index (χ4v) is 1.69. The molecule has 3 nitrogen and oxygen atoms in total. The molecule has 0 fully saturated rings. The van der Waals surface area contributed by atoms with E-state index in [0.717, 1.165) is 6.07 Å². The molecule has 1 aromatic heterocycles. The minimum atomic E-state index is -4.50. The maximum atomic E-state index is 12.9. The highest BCUT2D eigenvalue weighted by molar-refractivity contribution is 6.30. The van der Waals surface area contributed by atoms with Crippen LogP contribution in [0, 0.1) is 0 Å². The van der Waals surface area contributed by atoms with Crippen LogP contribution < -0.4 is 0 Å². The van der Waals surface area contributed by atoms with Gasteiger partial charge in [-0.05, 0) is 25.1 Å². The van der Waals surface area contributed by atoms with Gasteiger partial charge in [0.1, 0.15) is 12.2 Å². The highest BCUT2D eigenvalue weighted by atomic mass is 35.5. The number of alkyl halides is 3. The Hall–Kier alpha value is -1.82. The van der Waals surface area contributed by atoms with Crippen molar-refractivity contribution < 1.29 is 13.2 Å². The Balaban J connectivity index is 2.49. The maximum Gasteiger partial charge on any atom is 0.418 e. The molecule has 7 heteroatoms. The van der Waals surface area contributed by atoms with E-state index < -0.39 is 11.7 Å². The predicted molar refractivity (Wildman–Crippen MR) is 66.8 cm³/mol. The topological polar surface area (TPSA) is 30.2 Å². The Morgan fingerprint density at radius 1 is 1.37 bits per heavy atom. The number of halogens is 4. The van der Waals surface area contributed by atoms with Gasteiger partial charge in [0.05, 0.1) is 11.3 Å². The fraction of sp³-hybridized carbons (Fsp3) is 0.167. The molecule has 19 heavy (non-hydrogen) atoms. The van der Waals surface area contributed by atoms with E-state index in [0.29, 0.717) is 5.84 Å². The van der Waals surface area contributed by atoms with Gasteiger partial charge in [-0.3, -0.25) is 4.57 Å². The molecule has 0 bridgehead atoms. The van der Waals surface area contributed by atoms with E-state index in [1.807, 2.05) is 0 Å². The number of aliphatic imine (C=N–C) groups is 1. The van der Waals surface area contributed by atoms with Crippen LogP contribution in [-0.4, -0.2) is 15.4 Å². The van der Waals surface area contributed by atoms with Crippen molar-refractivity contribution in [3.05, 3.63) is 47.5 Å². The zero-order chi connectivity index (χ0) is 14.0. The van der Waals surface area contributed by atoms with Crippen LogP contribution in [0.2, 0.25) is 5.02 Å². The standard InChI is InChI=1S/C12H9ClF3N3/c1-8(19-5-4-17-7-19)18-11-3-2-9(13)6-10(11)12(14,15)16/h2-7H,1H3. The number of benzene rings is 1. The monoisotopic (exact) mass is 287 g/mol. The summed E-state index contributed by atoms with van der Waals surface area (Å²) in [4.78, 5) is 7.78. The lowest BCUT2D eigenvalue weighted by molar-refractivity contribution is -0.137. The number of hydrogen-bond donors (Lipinski definition) is 0. The summed E-state index contributed by atoms with van der Waals surface area (Å²) in [6.45, 7) is 1.59. The lowest BCUT2D eigenvalue weighted by atomic mass is 10.2. The van der Waals surface area contributed by atoms with Crippen LogP contribution in [0.1, 0.15) is 12.5 Å². The van der Waals surface area contributed by atoms with Crippen LogP contribution in [0.15, 0.2) is 41.9 Å². The lowest BCUT2D eigenvalue weighted by Gasteiger charge is -2.11. The summed E-state index contributed by atoms with van der Waals surface area (Å²) in [5.41, 5.74) is -1.04. The van der Waals surface area contributed by atoms with Crippen molar-refractivity contribution in [2.75, 3.05) is 0 Å². The van der Waals surface area contributed by atoms with E-state index >= 15 is 0 Å². The molecular formula is C12H9ClF3N3. The number of imidazole rings is 1. The van der Waals surface area contributed by atoms with E-state index in [1.54, 1.807) is 13.1 Å². The van der Waals surface area contributed by atoms with Gasteiger partial charge in [-0.25, -0.2) is 9.98 Å². The first-order valence-corrected chi connectivity index (χ1v) is 5.66. The molecule has 0 atom stereocenters. The second kappa shape index (κ2) is 5.05. The first-order valence-electron chi connectivity index (χ1n) is 5.28. The Labute approximate surface area is 112 Å². The normalized spacial score (nSPS) is 12.8. The molecule has 0 spiro atoms. The van der Waals surface area contributed by atoms with Gasteiger partial charge in [0, 0.05) is 17.4 Å². The zero-order valence-corrected chi connectivity index (χ0v) is 10.6. The summed E-state index contributed by atoms with van der Waals surface area (Å²) in [5.74, 6) is 0.380. The molecule has 0 unspecified atom stereocenters. The number of aromatic nitrogens is 2. The van der Waals surface area contributed by atoms with E-state index in [4.69, 9.17) is 11.6 Å². The van der Waals surface area contributed by atoms with Crippen molar-refractivity contribution in [1.82, 2.24) is 9.55 Å². The van der Waals surface area contributed by atoms with E-state index in [1.165, 1.54) is 29.2 Å². The Bertz CT molecular complexity index is 603. The first-order chi connectivity index (χ1) is 8.88. The molecule has 0 aliphatic heterocycles. The van der Waals surface area contributed by atoms with Crippen LogP contribution in [-0.2, 0) is 6.18 Å². The molecular weight excluding hydrogens is 279 g/mol. The molecule has 0 saturated heterocycles. The molecule has 0 amide bonds. The zero-order valence-electron chi connectivity index (χ0n) is 9.82. The molecule has 0 aliphatic carbocycles. The third kappa shape index (κ3) is 3.14. The van der Waals surface area contributed by atoms with E-state index in [2.05, 4.69) is 9.98 Å². The quantitative estimate of drug-likeness (QED) is 0.572. The minimum absolute atomic E-state index is 0.0200. The molecule has 1 heterocycles. The van der Waals surface area contributed by atoms with Gasteiger partial charge in [-0.15, -0.1) is 0 Å². The molecule has 2 aromatic rings. The number of rotatable bonds is 1. The lowest BCUT2D eigenvalue weighted by Crippen LogP contribution is -2.08. The number of nitrogens with zero attached hydrogens (tertiary/aromatic N) is 3. The summed E-state index contributed by atoms with van der Waals surface area (Å²) >= 11 is 5.60. The van der Waals surface area contributed by atoms with Gasteiger partial charge in [0.2, 0.25) is 0 Å². The summed E-state index contributed by atoms with van der Waals surface area (Å²) in [5, 5.41) is 0.0200. The number of hydrogen-bond acceptors (Lipinski definition) is 2. The Morgan fingerprint density at radius 3 is 2.68 bits per heavy atom. The van der Waals surface area contributed by atoms with Crippen molar-refractivity contribution in [2.24, 2.45) is 4.99 Å². The largest absolute Gasteiger partial charge is 0.418 e. The van der Waals surface area contributed by atoms with Crippen LogP contribution in [0.5, 0.6) is 0 Å². The summed E-state index contributed by atoms with van der Waals surface area (Å²) in [6.07, 6.45) is 0.0779. The average molecular weight is 288 g/mol. The van der Waals surface area contributed by atoms with Crippen LogP contribution >= 0.6 is 11.6 Å². The molecule has 0 aliphatic rings. The highest BCUT2D eigenvalue weighted by Gasteiger charge is 2.33.